The molecule has 3 aromatic heterocycles. The van der Waals surface area contributed by atoms with Crippen LogP contribution >= 0.6 is 0 Å². The molecule has 2 saturated heterocycles. The zero-order valence-electron chi connectivity index (χ0n) is 19.3. The van der Waals surface area contributed by atoms with Crippen LogP contribution in [0.4, 0.5) is 11.6 Å². The van der Waals surface area contributed by atoms with Crippen LogP contribution in [0, 0.1) is 0 Å². The van der Waals surface area contributed by atoms with E-state index in [4.69, 9.17) is 14.7 Å². The fraction of sp³-hybridized carbons (Fsp3) is 0.538. The van der Waals surface area contributed by atoms with Gasteiger partial charge in [0, 0.05) is 43.0 Å². The Labute approximate surface area is 195 Å². The topological polar surface area (TPSA) is 76.1 Å². The minimum absolute atomic E-state index is 0.210. The molecule has 0 aromatic carbocycles. The van der Waals surface area contributed by atoms with Crippen molar-refractivity contribution in [2.24, 2.45) is 0 Å². The van der Waals surface area contributed by atoms with Crippen molar-refractivity contribution < 1.29 is 4.74 Å². The molecule has 0 spiro atoms. The molecule has 1 saturated carbocycles. The largest absolute Gasteiger partial charge is 0.376 e. The highest BCUT2D eigenvalue weighted by Gasteiger charge is 2.29. The molecule has 1 N–H and O–H groups in total. The van der Waals surface area contributed by atoms with E-state index in [0.717, 1.165) is 61.1 Å². The first-order valence-electron chi connectivity index (χ1n) is 12.5. The van der Waals surface area contributed by atoms with Crippen molar-refractivity contribution in [1.29, 1.82) is 0 Å². The van der Waals surface area contributed by atoms with Crippen LogP contribution in [0.2, 0.25) is 0 Å². The lowest BCUT2D eigenvalue weighted by Gasteiger charge is -2.29. The summed E-state index contributed by atoms with van der Waals surface area (Å²) in [4.78, 5) is 21.7. The average molecular weight is 445 g/mol. The van der Waals surface area contributed by atoms with E-state index in [1.54, 1.807) is 0 Å². The zero-order chi connectivity index (χ0) is 22.2. The molecule has 0 amide bonds. The summed E-state index contributed by atoms with van der Waals surface area (Å²) in [6, 6.07) is 4.27. The molecule has 0 bridgehead atoms. The minimum atomic E-state index is 0.210. The van der Waals surface area contributed by atoms with Gasteiger partial charge in [-0.1, -0.05) is 0 Å². The number of rotatable bonds is 6. The third-order valence-corrected chi connectivity index (χ3v) is 7.21. The molecule has 172 valence electrons. The number of anilines is 2. The van der Waals surface area contributed by atoms with Crippen molar-refractivity contribution in [3.05, 3.63) is 36.3 Å². The number of hydrogen-bond donors (Lipinski definition) is 1. The standard InChI is InChI=1S/C26H32N6O/c1-17(22-6-5-13-33-22)29-23-14-19(9-10-28-23)25-30-21-16-27-15-20(18-7-8-18)24(21)26(31-25)32-11-3-2-4-12-32/h9-10,14-18,22H,2-8,11-13H2,1H3,(H,28,29). The van der Waals surface area contributed by atoms with Crippen LogP contribution in [-0.4, -0.2) is 51.8 Å². The maximum Gasteiger partial charge on any atom is 0.162 e. The molecule has 6 rings (SSSR count). The second kappa shape index (κ2) is 8.86. The van der Waals surface area contributed by atoms with Crippen LogP contribution < -0.4 is 10.2 Å². The van der Waals surface area contributed by atoms with E-state index in [9.17, 15) is 0 Å². The van der Waals surface area contributed by atoms with Gasteiger partial charge in [0.15, 0.2) is 5.82 Å². The normalized spacial score (nSPS) is 22.0. The summed E-state index contributed by atoms with van der Waals surface area (Å²) in [7, 11) is 0. The predicted octanol–water partition coefficient (Wildman–Crippen LogP) is 4.93. The number of nitrogens with one attached hydrogen (secondary N) is 1. The molecule has 5 heterocycles. The molecule has 3 aliphatic rings. The Balaban J connectivity index is 1.39. The Kier molecular flexibility index (Phi) is 5.58. The summed E-state index contributed by atoms with van der Waals surface area (Å²) in [6.45, 7) is 5.13. The van der Waals surface area contributed by atoms with E-state index >= 15 is 0 Å². The third-order valence-electron chi connectivity index (χ3n) is 7.21. The van der Waals surface area contributed by atoms with E-state index in [2.05, 4.69) is 33.2 Å². The van der Waals surface area contributed by atoms with E-state index in [-0.39, 0.29) is 12.1 Å². The van der Waals surface area contributed by atoms with Crippen molar-refractivity contribution in [3.63, 3.8) is 0 Å². The molecule has 2 aliphatic heterocycles. The third kappa shape index (κ3) is 4.26. The summed E-state index contributed by atoms with van der Waals surface area (Å²) in [5.41, 5.74) is 3.25. The minimum Gasteiger partial charge on any atom is -0.376 e. The Morgan fingerprint density at radius 3 is 2.73 bits per heavy atom. The number of piperidine rings is 1. The molecule has 0 radical (unpaired) electrons. The van der Waals surface area contributed by atoms with E-state index in [1.807, 2.05) is 24.7 Å². The van der Waals surface area contributed by atoms with Gasteiger partial charge in [0.25, 0.3) is 0 Å². The van der Waals surface area contributed by atoms with E-state index in [0.29, 0.717) is 5.92 Å². The summed E-state index contributed by atoms with van der Waals surface area (Å²) >= 11 is 0. The lowest BCUT2D eigenvalue weighted by Crippen LogP contribution is -2.31. The van der Waals surface area contributed by atoms with Gasteiger partial charge in [-0.05, 0) is 75.5 Å². The molecule has 3 aromatic rings. The van der Waals surface area contributed by atoms with Gasteiger partial charge >= 0.3 is 0 Å². The fourth-order valence-electron chi connectivity index (χ4n) is 5.23. The van der Waals surface area contributed by atoms with Gasteiger partial charge in [0.2, 0.25) is 0 Å². The van der Waals surface area contributed by atoms with Gasteiger partial charge in [-0.25, -0.2) is 15.0 Å². The first-order valence-corrected chi connectivity index (χ1v) is 12.5. The molecule has 2 atom stereocenters. The lowest BCUT2D eigenvalue weighted by atomic mass is 10.1. The first kappa shape index (κ1) is 20.8. The highest BCUT2D eigenvalue weighted by atomic mass is 16.5. The first-order chi connectivity index (χ1) is 16.3. The smallest absolute Gasteiger partial charge is 0.162 e. The summed E-state index contributed by atoms with van der Waals surface area (Å²) in [6.07, 6.45) is 14.5. The monoisotopic (exact) mass is 444 g/mol. The van der Waals surface area contributed by atoms with Crippen molar-refractivity contribution in [1.82, 2.24) is 19.9 Å². The molecule has 2 unspecified atom stereocenters. The van der Waals surface area contributed by atoms with Crippen LogP contribution in [0.1, 0.15) is 63.4 Å². The molecule has 7 heteroatoms. The van der Waals surface area contributed by atoms with Crippen LogP contribution in [0.15, 0.2) is 30.7 Å². The second-order valence-electron chi connectivity index (χ2n) is 9.73. The van der Waals surface area contributed by atoms with Gasteiger partial charge in [-0.2, -0.15) is 0 Å². The quantitative estimate of drug-likeness (QED) is 0.577. The number of pyridine rings is 2. The molecule has 7 nitrogen and oxygen atoms in total. The van der Waals surface area contributed by atoms with Gasteiger partial charge < -0.3 is 15.0 Å². The lowest BCUT2D eigenvalue weighted by molar-refractivity contribution is 0.0995. The summed E-state index contributed by atoms with van der Waals surface area (Å²) in [5.74, 6) is 3.27. The average Bonchev–Trinajstić information content (AvgIpc) is 3.56. The van der Waals surface area contributed by atoms with Crippen LogP contribution in [0.5, 0.6) is 0 Å². The van der Waals surface area contributed by atoms with Gasteiger partial charge in [0.05, 0.1) is 23.9 Å². The Morgan fingerprint density at radius 1 is 1.06 bits per heavy atom. The summed E-state index contributed by atoms with van der Waals surface area (Å²) in [5, 5.41) is 4.73. The molecule has 3 fully saturated rings. The van der Waals surface area contributed by atoms with Crippen LogP contribution in [0.3, 0.4) is 0 Å². The highest BCUT2D eigenvalue weighted by molar-refractivity contribution is 5.94. The van der Waals surface area contributed by atoms with E-state index in [1.165, 1.54) is 43.1 Å². The van der Waals surface area contributed by atoms with Gasteiger partial charge in [-0.15, -0.1) is 0 Å². The number of nitrogens with zero attached hydrogens (tertiary/aromatic N) is 5. The number of hydrogen-bond acceptors (Lipinski definition) is 7. The molecule has 1 aliphatic carbocycles. The van der Waals surface area contributed by atoms with Gasteiger partial charge in [-0.3, -0.25) is 4.98 Å². The van der Waals surface area contributed by atoms with Crippen molar-refractivity contribution in [2.75, 3.05) is 29.9 Å². The maximum absolute atomic E-state index is 5.84. The highest BCUT2D eigenvalue weighted by Crippen LogP contribution is 2.45. The number of aromatic nitrogens is 4. The Morgan fingerprint density at radius 2 is 1.94 bits per heavy atom. The van der Waals surface area contributed by atoms with Gasteiger partial charge in [0.1, 0.15) is 11.6 Å². The van der Waals surface area contributed by atoms with Crippen LogP contribution in [-0.2, 0) is 4.74 Å². The fourth-order valence-corrected chi connectivity index (χ4v) is 5.23. The molecule has 33 heavy (non-hydrogen) atoms. The summed E-state index contributed by atoms with van der Waals surface area (Å²) < 4.78 is 5.84. The SMILES string of the molecule is CC(Nc1cc(-c2nc(N3CCCCC3)c3c(C4CC4)cncc3n2)ccn1)C1CCCO1. The van der Waals surface area contributed by atoms with Crippen molar-refractivity contribution in [2.45, 2.75) is 69.9 Å². The second-order valence-corrected chi connectivity index (χ2v) is 9.73. The van der Waals surface area contributed by atoms with E-state index < -0.39 is 0 Å². The number of fused-ring (bicyclic) bond motifs is 1. The van der Waals surface area contributed by atoms with Crippen LogP contribution in [0.25, 0.3) is 22.3 Å². The molecular weight excluding hydrogens is 412 g/mol. The Hall–Kier alpha value is -2.80. The molecular formula is C26H32N6O. The maximum atomic E-state index is 5.84. The Bertz CT molecular complexity index is 1130. The predicted molar refractivity (Wildman–Crippen MR) is 131 cm³/mol. The van der Waals surface area contributed by atoms with Crippen molar-refractivity contribution >= 4 is 22.5 Å². The number of ether oxygens (including phenoxy) is 1. The zero-order valence-corrected chi connectivity index (χ0v) is 19.3. The van der Waals surface area contributed by atoms with Crippen molar-refractivity contribution in [3.8, 4) is 11.4 Å².